The number of ether oxygens (including phenoxy) is 1. The normalized spacial score (nSPS) is 18.5. The molecule has 64 heavy (non-hydrogen) atoms. The van der Waals surface area contributed by atoms with Crippen LogP contribution in [0.25, 0.3) is 10.9 Å². The number of aromatic nitrogens is 2. The maximum atomic E-state index is 15.2. The number of hydrogen-bond donors (Lipinski definition) is 3. The first-order valence-electron chi connectivity index (χ1n) is 21.7. The van der Waals surface area contributed by atoms with Crippen LogP contribution in [0.5, 0.6) is 11.5 Å². The zero-order valence-electron chi connectivity index (χ0n) is 36.1. The van der Waals surface area contributed by atoms with Crippen LogP contribution < -0.4 is 25.7 Å². The van der Waals surface area contributed by atoms with Crippen LogP contribution in [0.1, 0.15) is 88.3 Å². The van der Waals surface area contributed by atoms with Crippen molar-refractivity contribution in [3.63, 3.8) is 0 Å². The summed E-state index contributed by atoms with van der Waals surface area (Å²) in [5, 5.41) is 15.4. The molecule has 2 unspecified atom stereocenters. The van der Waals surface area contributed by atoms with Crippen LogP contribution in [0.3, 0.4) is 0 Å². The number of carbonyl (C=O) groups excluding carboxylic acids is 3. The number of anilines is 2. The first kappa shape index (κ1) is 46.0. The average molecular weight is 902 g/mol. The molecule has 3 amide bonds. The summed E-state index contributed by atoms with van der Waals surface area (Å²) in [4.78, 5) is 59.2. The van der Waals surface area contributed by atoms with Gasteiger partial charge in [-0.15, -0.1) is 0 Å². The number of nitriles is 1. The molecule has 3 aromatic carbocycles. The fraction of sp³-hybridized carbons (Fsp3) is 0.467. The van der Waals surface area contributed by atoms with Crippen LogP contribution in [0, 0.1) is 28.9 Å². The molecule has 0 saturated carbocycles. The van der Waals surface area contributed by atoms with Crippen LogP contribution in [0.15, 0.2) is 59.7 Å². The van der Waals surface area contributed by atoms with Gasteiger partial charge in [0, 0.05) is 44.8 Å². The lowest BCUT2D eigenvalue weighted by atomic mass is 9.88. The molecule has 340 valence electrons. The second-order valence-electron chi connectivity index (χ2n) is 16.9. The number of benzene rings is 3. The van der Waals surface area contributed by atoms with Gasteiger partial charge in [0.05, 0.1) is 29.5 Å². The van der Waals surface area contributed by atoms with Crippen molar-refractivity contribution in [2.45, 2.75) is 83.2 Å². The smallest absolute Gasteiger partial charge is 0.301 e. The molecule has 3 aliphatic rings. The summed E-state index contributed by atoms with van der Waals surface area (Å²) in [6, 6.07) is 12.6. The van der Waals surface area contributed by atoms with Gasteiger partial charge in [-0.25, -0.2) is 13.8 Å². The number of imide groups is 1. The third-order valence-corrected chi connectivity index (χ3v) is 14.2. The van der Waals surface area contributed by atoms with E-state index in [1.807, 2.05) is 17.9 Å². The molecular formula is C45H53F2N9O7S. The van der Waals surface area contributed by atoms with Gasteiger partial charge in [-0.1, -0.05) is 13.0 Å². The number of rotatable bonds is 15. The summed E-state index contributed by atoms with van der Waals surface area (Å²) in [6.45, 7) is 6.71. The van der Waals surface area contributed by atoms with Gasteiger partial charge >= 0.3 is 10.2 Å². The van der Waals surface area contributed by atoms with E-state index in [-0.39, 0.29) is 70.5 Å². The number of amides is 3. The first-order chi connectivity index (χ1) is 30.6. The molecule has 2 atom stereocenters. The Labute approximate surface area is 370 Å². The van der Waals surface area contributed by atoms with Crippen molar-refractivity contribution in [1.82, 2.24) is 29.0 Å². The zero-order valence-corrected chi connectivity index (χ0v) is 36.9. The molecule has 4 heterocycles. The van der Waals surface area contributed by atoms with Gasteiger partial charge in [0.2, 0.25) is 17.7 Å². The number of halogens is 2. The molecule has 4 aromatic rings. The summed E-state index contributed by atoms with van der Waals surface area (Å²) in [5.41, 5.74) is 0.667. The topological polar surface area (TPSA) is 199 Å². The van der Waals surface area contributed by atoms with E-state index >= 15 is 8.78 Å². The van der Waals surface area contributed by atoms with Crippen molar-refractivity contribution in [2.75, 3.05) is 56.4 Å². The van der Waals surface area contributed by atoms with Crippen molar-refractivity contribution >= 4 is 50.2 Å². The van der Waals surface area contributed by atoms with E-state index in [4.69, 9.17) is 4.74 Å². The largest absolute Gasteiger partial charge is 0.453 e. The van der Waals surface area contributed by atoms with Crippen LogP contribution in [-0.4, -0.2) is 102 Å². The van der Waals surface area contributed by atoms with Crippen molar-refractivity contribution < 1.29 is 36.3 Å². The van der Waals surface area contributed by atoms with Crippen molar-refractivity contribution in [2.24, 2.45) is 5.92 Å². The molecule has 0 spiro atoms. The fourth-order valence-corrected chi connectivity index (χ4v) is 9.55. The Balaban J connectivity index is 0.880. The molecule has 0 radical (unpaired) electrons. The predicted molar refractivity (Wildman–Crippen MR) is 236 cm³/mol. The Morgan fingerprint density at radius 2 is 1.77 bits per heavy atom. The SMILES string of the molecule is CCN(C)S(=O)(=O)Nc1ccc(F)c(Oc2ccc3ncn(C(C)CCC4CCN(C(=O)CN5CCC(c6ccc(NC7CCC(=O)NC7=O)cc6F)CC5)CC4)c(=O)c3c2)c1C#N. The number of carbonyl (C=O) groups is 3. The van der Waals surface area contributed by atoms with Crippen LogP contribution in [0.4, 0.5) is 20.2 Å². The number of nitrogens with one attached hydrogen (secondary N) is 3. The van der Waals surface area contributed by atoms with E-state index in [9.17, 15) is 32.9 Å². The monoisotopic (exact) mass is 901 g/mol. The maximum Gasteiger partial charge on any atom is 0.301 e. The van der Waals surface area contributed by atoms with E-state index in [0.717, 1.165) is 48.5 Å². The van der Waals surface area contributed by atoms with Crippen LogP contribution in [0.2, 0.25) is 0 Å². The zero-order chi connectivity index (χ0) is 45.7. The molecule has 0 aliphatic carbocycles. The minimum Gasteiger partial charge on any atom is -0.453 e. The molecule has 0 bridgehead atoms. The van der Waals surface area contributed by atoms with Gasteiger partial charge in [-0.05, 0) is 125 Å². The Morgan fingerprint density at radius 1 is 1.02 bits per heavy atom. The molecular weight excluding hydrogens is 849 g/mol. The van der Waals surface area contributed by atoms with Gasteiger partial charge in [0.1, 0.15) is 29.2 Å². The molecule has 3 saturated heterocycles. The van der Waals surface area contributed by atoms with E-state index in [2.05, 4.69) is 25.2 Å². The molecule has 19 heteroatoms. The molecule has 7 rings (SSSR count). The number of nitrogens with zero attached hydrogens (tertiary/aromatic N) is 6. The maximum absolute atomic E-state index is 15.2. The van der Waals surface area contributed by atoms with Gasteiger partial charge in [0.25, 0.3) is 5.56 Å². The second kappa shape index (κ2) is 19.8. The summed E-state index contributed by atoms with van der Waals surface area (Å²) >= 11 is 0. The highest BCUT2D eigenvalue weighted by Crippen LogP contribution is 2.35. The first-order valence-corrected chi connectivity index (χ1v) is 23.1. The molecule has 3 N–H and O–H groups in total. The Kier molecular flexibility index (Phi) is 14.3. The molecule has 3 fully saturated rings. The molecule has 16 nitrogen and oxygen atoms in total. The Bertz CT molecular complexity index is 2620. The number of piperidine rings is 3. The minimum atomic E-state index is -4.02. The van der Waals surface area contributed by atoms with Crippen molar-refractivity contribution in [1.29, 1.82) is 5.26 Å². The number of likely N-dealkylation sites (tertiary alicyclic amines) is 2. The number of hydrogen-bond acceptors (Lipinski definition) is 11. The summed E-state index contributed by atoms with van der Waals surface area (Å²) in [5.74, 6) is -1.91. The Hall–Kier alpha value is -5.97. The lowest BCUT2D eigenvalue weighted by molar-refractivity contribution is -0.135. The van der Waals surface area contributed by atoms with Gasteiger partial charge in [-0.2, -0.15) is 18.0 Å². The highest BCUT2D eigenvalue weighted by Gasteiger charge is 2.30. The lowest BCUT2D eigenvalue weighted by Crippen LogP contribution is -2.47. The predicted octanol–water partition coefficient (Wildman–Crippen LogP) is 5.62. The highest BCUT2D eigenvalue weighted by molar-refractivity contribution is 7.90. The molecule has 1 aromatic heterocycles. The summed E-state index contributed by atoms with van der Waals surface area (Å²) in [6.07, 6.45) is 6.77. The fourth-order valence-electron chi connectivity index (χ4n) is 8.61. The Morgan fingerprint density at radius 3 is 2.45 bits per heavy atom. The average Bonchev–Trinajstić information content (AvgIpc) is 3.28. The van der Waals surface area contributed by atoms with E-state index in [0.29, 0.717) is 68.3 Å². The van der Waals surface area contributed by atoms with E-state index < -0.39 is 33.7 Å². The highest BCUT2D eigenvalue weighted by atomic mass is 32.2. The van der Waals surface area contributed by atoms with Gasteiger partial charge < -0.3 is 15.0 Å². The third-order valence-electron chi connectivity index (χ3n) is 12.7. The lowest BCUT2D eigenvalue weighted by Gasteiger charge is -2.36. The van der Waals surface area contributed by atoms with Crippen LogP contribution >= 0.6 is 0 Å². The van der Waals surface area contributed by atoms with Gasteiger partial charge in [-0.3, -0.25) is 38.7 Å². The summed E-state index contributed by atoms with van der Waals surface area (Å²) < 4.78 is 66.3. The second-order valence-corrected chi connectivity index (χ2v) is 18.6. The standard InChI is InChI=1S/C45H53F2N9O7S/c1-4-53(3)64(61,62)52-39-12-10-36(46)43(35(39)25-48)63-32-8-11-38-34(24-32)45(60)56(27-49-38)28(2)5-6-29-15-21-55(22-16-29)42(58)26-54-19-17-30(18-20-54)33-9-7-31(23-37(33)47)50-40-13-14-41(57)51-44(40)59/h7-12,23-24,27-30,40,50,52H,4-6,13-22,26H2,1-3H3,(H,51,57,59). The third kappa shape index (κ3) is 10.5. The number of fused-ring (bicyclic) bond motifs is 1. The van der Waals surface area contributed by atoms with Crippen molar-refractivity contribution in [3.05, 3.63) is 88.0 Å². The van der Waals surface area contributed by atoms with Gasteiger partial charge in [0.15, 0.2) is 11.6 Å². The van der Waals surface area contributed by atoms with E-state index in [1.54, 1.807) is 29.7 Å². The van der Waals surface area contributed by atoms with Crippen LogP contribution in [-0.2, 0) is 24.6 Å². The molecule has 3 aliphatic heterocycles. The van der Waals surface area contributed by atoms with E-state index in [1.165, 1.54) is 31.6 Å². The quantitative estimate of drug-likeness (QED) is 0.125. The summed E-state index contributed by atoms with van der Waals surface area (Å²) in [7, 11) is -2.66. The van der Waals surface area contributed by atoms with Crippen molar-refractivity contribution in [3.8, 4) is 17.6 Å². The minimum absolute atomic E-state index is 0.0206.